The van der Waals surface area contributed by atoms with E-state index in [1.165, 1.54) is 0 Å². The molecule has 1 aromatic heterocycles. The number of carbonyl (C=O) groups excluding carboxylic acids is 1. The van der Waals surface area contributed by atoms with E-state index in [1.54, 1.807) is 26.0 Å². The molecule has 0 saturated carbocycles. The van der Waals surface area contributed by atoms with Gasteiger partial charge >= 0.3 is 5.63 Å². The molecule has 0 bridgehead atoms. The molecule has 0 fully saturated rings. The lowest BCUT2D eigenvalue weighted by Crippen LogP contribution is -2.37. The molecule has 1 amide bonds. The highest BCUT2D eigenvalue weighted by molar-refractivity contribution is 5.86. The predicted octanol–water partition coefficient (Wildman–Crippen LogP) is 4.02. The number of likely N-dealkylation sites (N-methyl/N-ethyl adjacent to an activating group) is 1. The summed E-state index contributed by atoms with van der Waals surface area (Å²) < 4.78 is 17.0. The summed E-state index contributed by atoms with van der Waals surface area (Å²) in [6.45, 7) is 4.00. The Morgan fingerprint density at radius 1 is 1.13 bits per heavy atom. The van der Waals surface area contributed by atoms with Crippen molar-refractivity contribution in [3.05, 3.63) is 69.1 Å². The molecular weight excluding hydrogens is 394 g/mol. The van der Waals surface area contributed by atoms with Gasteiger partial charge < -0.3 is 18.8 Å². The second-order valence-corrected chi connectivity index (χ2v) is 8.03. The average Bonchev–Trinajstić information content (AvgIpc) is 3.27. The van der Waals surface area contributed by atoms with E-state index in [-0.39, 0.29) is 11.5 Å². The number of hydrogen-bond acceptors (Lipinski definition) is 5. The number of hydrogen-bond donors (Lipinski definition) is 0. The first kappa shape index (κ1) is 21.0. The minimum absolute atomic E-state index is 0.152. The van der Waals surface area contributed by atoms with Gasteiger partial charge in [0.2, 0.25) is 0 Å². The van der Waals surface area contributed by atoms with Crippen LogP contribution in [0.25, 0.3) is 11.0 Å². The van der Waals surface area contributed by atoms with Crippen LogP contribution in [0, 0.1) is 6.92 Å². The van der Waals surface area contributed by atoms with Gasteiger partial charge in [-0.1, -0.05) is 18.2 Å². The van der Waals surface area contributed by atoms with Gasteiger partial charge in [-0.15, -0.1) is 0 Å². The van der Waals surface area contributed by atoms with Crippen LogP contribution in [0.4, 0.5) is 0 Å². The lowest BCUT2D eigenvalue weighted by molar-refractivity contribution is -0.137. The van der Waals surface area contributed by atoms with Gasteiger partial charge in [0.25, 0.3) is 5.91 Å². The highest BCUT2D eigenvalue weighted by atomic mass is 16.5. The Hall–Kier alpha value is -3.28. The summed E-state index contributed by atoms with van der Waals surface area (Å²) in [4.78, 5) is 26.9. The number of aryl methyl sites for hydroxylation is 2. The van der Waals surface area contributed by atoms with Gasteiger partial charge in [-0.2, -0.15) is 0 Å². The molecule has 162 valence electrons. The van der Waals surface area contributed by atoms with Gasteiger partial charge in [-0.3, -0.25) is 4.79 Å². The number of para-hydroxylation sites is 1. The highest BCUT2D eigenvalue weighted by Crippen LogP contribution is 2.33. The first-order valence-corrected chi connectivity index (χ1v) is 10.5. The van der Waals surface area contributed by atoms with Crippen molar-refractivity contribution in [1.29, 1.82) is 0 Å². The number of nitrogens with zero attached hydrogens (tertiary/aromatic N) is 1. The zero-order chi connectivity index (χ0) is 22.1. The Bertz CT molecular complexity index is 1200. The Labute approximate surface area is 181 Å². The second kappa shape index (κ2) is 8.46. The van der Waals surface area contributed by atoms with Crippen LogP contribution in [-0.2, 0) is 24.2 Å². The molecule has 0 saturated heterocycles. The molecule has 1 aliphatic carbocycles. The number of methoxy groups -OCH3 is 1. The number of rotatable bonds is 6. The molecule has 1 unspecified atom stereocenters. The predicted molar refractivity (Wildman–Crippen MR) is 119 cm³/mol. The van der Waals surface area contributed by atoms with Gasteiger partial charge in [-0.25, -0.2) is 4.79 Å². The first-order valence-electron chi connectivity index (χ1n) is 10.5. The Balaban J connectivity index is 1.54. The second-order valence-electron chi connectivity index (χ2n) is 8.03. The van der Waals surface area contributed by atoms with Crippen LogP contribution in [0.3, 0.4) is 0 Å². The van der Waals surface area contributed by atoms with Crippen molar-refractivity contribution in [3.8, 4) is 11.5 Å². The summed E-state index contributed by atoms with van der Waals surface area (Å²) in [6, 6.07) is 11.4. The smallest absolute Gasteiger partial charge is 0.339 e. The van der Waals surface area contributed by atoms with Gasteiger partial charge in [0.05, 0.1) is 7.11 Å². The van der Waals surface area contributed by atoms with Gasteiger partial charge in [0.1, 0.15) is 17.1 Å². The Morgan fingerprint density at radius 2 is 1.87 bits per heavy atom. The zero-order valence-corrected chi connectivity index (χ0v) is 18.4. The van der Waals surface area contributed by atoms with Crippen LogP contribution in [0.5, 0.6) is 11.5 Å². The van der Waals surface area contributed by atoms with Crippen molar-refractivity contribution in [3.63, 3.8) is 0 Å². The molecule has 31 heavy (non-hydrogen) atoms. The Kier molecular flexibility index (Phi) is 5.72. The number of amides is 1. The summed E-state index contributed by atoms with van der Waals surface area (Å²) in [5.41, 5.74) is 3.82. The third kappa shape index (κ3) is 3.90. The third-order valence-electron chi connectivity index (χ3n) is 5.97. The lowest BCUT2D eigenvalue weighted by atomic mass is 10.0. The molecule has 4 rings (SSSR count). The van der Waals surface area contributed by atoms with Crippen LogP contribution < -0.4 is 15.1 Å². The van der Waals surface area contributed by atoms with E-state index in [2.05, 4.69) is 0 Å². The molecule has 1 aliphatic rings. The van der Waals surface area contributed by atoms with Crippen molar-refractivity contribution >= 4 is 16.9 Å². The van der Waals surface area contributed by atoms with Gasteiger partial charge in [-0.05, 0) is 56.9 Å². The van der Waals surface area contributed by atoms with Crippen molar-refractivity contribution in [2.24, 2.45) is 0 Å². The monoisotopic (exact) mass is 421 g/mol. The molecule has 0 N–H and O–H groups in total. The van der Waals surface area contributed by atoms with Crippen LogP contribution in [-0.4, -0.2) is 31.1 Å². The molecule has 1 atom stereocenters. The molecule has 1 heterocycles. The summed E-state index contributed by atoms with van der Waals surface area (Å²) in [5.74, 6) is 1.13. The van der Waals surface area contributed by atoms with E-state index in [9.17, 15) is 9.59 Å². The van der Waals surface area contributed by atoms with Crippen molar-refractivity contribution in [2.75, 3.05) is 14.2 Å². The molecular formula is C25H27NO5. The van der Waals surface area contributed by atoms with Crippen molar-refractivity contribution in [1.82, 2.24) is 4.90 Å². The highest BCUT2D eigenvalue weighted by Gasteiger charge is 2.24. The van der Waals surface area contributed by atoms with Gasteiger partial charge in [0.15, 0.2) is 6.10 Å². The molecule has 6 nitrogen and oxygen atoms in total. The Morgan fingerprint density at radius 3 is 2.65 bits per heavy atom. The fraction of sp³-hybridized carbons (Fsp3) is 0.360. The molecule has 3 aromatic rings. The summed E-state index contributed by atoms with van der Waals surface area (Å²) >= 11 is 0. The maximum atomic E-state index is 12.9. The molecule has 0 aliphatic heterocycles. The normalized spacial score (nSPS) is 13.7. The first-order chi connectivity index (χ1) is 14.9. The number of ether oxygens (including phenoxy) is 2. The van der Waals surface area contributed by atoms with Crippen molar-refractivity contribution in [2.45, 2.75) is 45.8 Å². The summed E-state index contributed by atoms with van der Waals surface area (Å²) in [5, 5.41) is 0.962. The zero-order valence-electron chi connectivity index (χ0n) is 18.4. The quantitative estimate of drug-likeness (QED) is 0.562. The minimum Gasteiger partial charge on any atom is -0.496 e. The lowest BCUT2D eigenvalue weighted by Gasteiger charge is -2.23. The largest absolute Gasteiger partial charge is 0.496 e. The fourth-order valence-corrected chi connectivity index (χ4v) is 4.31. The number of benzene rings is 2. The van der Waals surface area contributed by atoms with Crippen LogP contribution in [0.2, 0.25) is 0 Å². The number of carbonyl (C=O) groups is 1. The molecule has 0 radical (unpaired) electrons. The summed E-state index contributed by atoms with van der Waals surface area (Å²) in [6.07, 6.45) is 1.94. The molecule has 2 aromatic carbocycles. The van der Waals surface area contributed by atoms with Crippen LogP contribution in [0.15, 0.2) is 45.6 Å². The maximum Gasteiger partial charge on any atom is 0.339 e. The summed E-state index contributed by atoms with van der Waals surface area (Å²) in [7, 11) is 3.35. The van der Waals surface area contributed by atoms with Crippen LogP contribution in [0.1, 0.15) is 35.6 Å². The number of fused-ring (bicyclic) bond motifs is 3. The van der Waals surface area contributed by atoms with Gasteiger partial charge in [0, 0.05) is 35.7 Å². The molecule has 0 spiro atoms. The average molecular weight is 421 g/mol. The van der Waals surface area contributed by atoms with E-state index in [4.69, 9.17) is 13.9 Å². The van der Waals surface area contributed by atoms with E-state index in [1.807, 2.05) is 43.3 Å². The minimum atomic E-state index is -0.697. The van der Waals surface area contributed by atoms with E-state index >= 15 is 0 Å². The third-order valence-corrected chi connectivity index (χ3v) is 5.97. The topological polar surface area (TPSA) is 69.0 Å². The van der Waals surface area contributed by atoms with Crippen LogP contribution >= 0.6 is 0 Å². The van der Waals surface area contributed by atoms with E-state index in [0.717, 1.165) is 52.7 Å². The fourth-order valence-electron chi connectivity index (χ4n) is 4.31. The van der Waals surface area contributed by atoms with Crippen molar-refractivity contribution < 1.29 is 18.7 Å². The molecule has 6 heteroatoms. The van der Waals surface area contributed by atoms with E-state index < -0.39 is 6.10 Å². The standard InChI is InChI=1S/C25H27NO5/c1-15-21(13-12-19-18-9-7-10-20(18)25(28)31-23(15)19)30-16(2)24(27)26(3)14-17-8-5-6-11-22(17)29-4/h5-6,8,11-13,16H,7,9-10,14H2,1-4H3. The SMILES string of the molecule is COc1ccccc1CN(C)C(=O)C(C)Oc1ccc2c3c(c(=O)oc2c1C)CCC3. The van der Waals surface area contributed by atoms with E-state index in [0.29, 0.717) is 17.9 Å². The maximum absolute atomic E-state index is 12.9.